The largest absolute Gasteiger partial charge is 0.366 e. The maximum Gasteiger partial charge on any atom is 0.162 e. The highest BCUT2D eigenvalue weighted by Crippen LogP contribution is 2.45. The summed E-state index contributed by atoms with van der Waals surface area (Å²) in [6, 6.07) is 0. The molecule has 0 unspecified atom stereocenters. The predicted octanol–water partition coefficient (Wildman–Crippen LogP) is 3.57. The van der Waals surface area contributed by atoms with Crippen LogP contribution in [0.25, 0.3) is 0 Å². The molecule has 2 heteroatoms. The first kappa shape index (κ1) is 12.6. The van der Waals surface area contributed by atoms with Gasteiger partial charge in [-0.05, 0) is 46.1 Å². The third kappa shape index (κ3) is 2.68. The number of Topliss-reactive ketones (excluding diaryl/α,β-unsaturated/α-hetero) is 1. The molecule has 1 aliphatic carbocycles. The lowest BCUT2D eigenvalue weighted by atomic mass is 9.89. The molecule has 0 radical (unpaired) electrons. The molecular formula is C15H22O2. The Morgan fingerprint density at radius 3 is 2.82 bits per heavy atom. The molecule has 0 aromatic rings. The van der Waals surface area contributed by atoms with Crippen LogP contribution in [-0.4, -0.2) is 17.5 Å². The molecule has 0 bridgehead atoms. The van der Waals surface area contributed by atoms with Crippen molar-refractivity contribution < 1.29 is 9.53 Å². The fraction of sp³-hybridized carbons (Fsp3) is 0.667. The van der Waals surface area contributed by atoms with Crippen molar-refractivity contribution in [2.24, 2.45) is 0 Å². The van der Waals surface area contributed by atoms with Gasteiger partial charge in [-0.2, -0.15) is 0 Å². The number of carbonyl (C=O) groups excluding carboxylic acids is 1. The Balaban J connectivity index is 2.25. The van der Waals surface area contributed by atoms with Gasteiger partial charge in [-0.1, -0.05) is 17.2 Å². The van der Waals surface area contributed by atoms with Gasteiger partial charge in [0.25, 0.3) is 0 Å². The van der Waals surface area contributed by atoms with E-state index >= 15 is 0 Å². The Morgan fingerprint density at radius 2 is 2.18 bits per heavy atom. The molecule has 1 saturated heterocycles. The molecule has 94 valence electrons. The number of ketones is 1. The van der Waals surface area contributed by atoms with Gasteiger partial charge in [0.1, 0.15) is 0 Å². The SMILES string of the molecule is CC(C)=C1C[C@H]2O[C@]2(C)CC/C=C(/C)CC1=O. The number of rotatable bonds is 0. The van der Waals surface area contributed by atoms with Crippen LogP contribution in [0.5, 0.6) is 0 Å². The van der Waals surface area contributed by atoms with Gasteiger partial charge in [0, 0.05) is 12.8 Å². The normalized spacial score (nSPS) is 36.9. The highest BCUT2D eigenvalue weighted by molar-refractivity contribution is 5.97. The van der Waals surface area contributed by atoms with Crippen LogP contribution >= 0.6 is 0 Å². The maximum atomic E-state index is 12.2. The van der Waals surface area contributed by atoms with Crippen molar-refractivity contribution in [2.45, 2.75) is 65.1 Å². The van der Waals surface area contributed by atoms with Crippen LogP contribution in [0.15, 0.2) is 22.8 Å². The van der Waals surface area contributed by atoms with E-state index in [1.807, 2.05) is 13.8 Å². The Hall–Kier alpha value is -0.890. The molecule has 0 N–H and O–H groups in total. The van der Waals surface area contributed by atoms with E-state index in [4.69, 9.17) is 4.74 Å². The molecule has 1 fully saturated rings. The van der Waals surface area contributed by atoms with E-state index in [9.17, 15) is 4.79 Å². The third-order valence-corrected chi connectivity index (χ3v) is 3.94. The topological polar surface area (TPSA) is 29.6 Å². The first-order valence-corrected chi connectivity index (χ1v) is 6.45. The molecule has 2 aliphatic rings. The van der Waals surface area contributed by atoms with E-state index in [2.05, 4.69) is 19.9 Å². The van der Waals surface area contributed by atoms with E-state index < -0.39 is 0 Å². The van der Waals surface area contributed by atoms with E-state index in [1.54, 1.807) is 0 Å². The summed E-state index contributed by atoms with van der Waals surface area (Å²) < 4.78 is 5.78. The summed E-state index contributed by atoms with van der Waals surface area (Å²) in [5, 5.41) is 0. The fourth-order valence-corrected chi connectivity index (χ4v) is 2.59. The number of allylic oxidation sites excluding steroid dienone is 3. The van der Waals surface area contributed by atoms with Gasteiger partial charge < -0.3 is 4.74 Å². The summed E-state index contributed by atoms with van der Waals surface area (Å²) in [6.45, 7) is 8.26. The lowest BCUT2D eigenvalue weighted by Gasteiger charge is -2.12. The smallest absolute Gasteiger partial charge is 0.162 e. The quantitative estimate of drug-likeness (QED) is 0.364. The van der Waals surface area contributed by atoms with E-state index in [0.717, 1.165) is 30.4 Å². The van der Waals surface area contributed by atoms with Crippen molar-refractivity contribution in [3.63, 3.8) is 0 Å². The van der Waals surface area contributed by atoms with Crippen LogP contribution in [0.3, 0.4) is 0 Å². The third-order valence-electron chi connectivity index (χ3n) is 3.94. The maximum absolute atomic E-state index is 12.2. The number of fused-ring (bicyclic) bond motifs is 1. The second-order valence-corrected chi connectivity index (χ2v) is 5.79. The van der Waals surface area contributed by atoms with Crippen LogP contribution in [0.1, 0.15) is 53.4 Å². The van der Waals surface area contributed by atoms with Crippen molar-refractivity contribution >= 4 is 5.78 Å². The minimum absolute atomic E-state index is 0.00903. The average molecular weight is 234 g/mol. The van der Waals surface area contributed by atoms with Crippen molar-refractivity contribution in [1.82, 2.24) is 0 Å². The summed E-state index contributed by atoms with van der Waals surface area (Å²) in [6.07, 6.45) is 5.91. The summed E-state index contributed by atoms with van der Waals surface area (Å²) >= 11 is 0. The molecule has 1 aliphatic heterocycles. The summed E-state index contributed by atoms with van der Waals surface area (Å²) in [4.78, 5) is 12.2. The molecule has 0 spiro atoms. The average Bonchev–Trinajstić information content (AvgIpc) is 2.84. The van der Waals surface area contributed by atoms with Gasteiger partial charge in [0.15, 0.2) is 5.78 Å². The molecule has 0 saturated carbocycles. The fourth-order valence-electron chi connectivity index (χ4n) is 2.59. The highest BCUT2D eigenvalue weighted by atomic mass is 16.6. The summed E-state index contributed by atoms with van der Waals surface area (Å²) in [5.74, 6) is 0.276. The van der Waals surface area contributed by atoms with E-state index in [0.29, 0.717) is 6.42 Å². The zero-order valence-corrected chi connectivity index (χ0v) is 11.3. The van der Waals surface area contributed by atoms with E-state index in [-0.39, 0.29) is 17.5 Å². The Labute approximate surface area is 104 Å². The standard InChI is InChI=1S/C15H22O2/c1-10(2)12-9-14-15(4,17-14)7-5-6-11(3)8-13(12)16/h6,14H,5,7-9H2,1-4H3/b11-6-/t14-,15-/m1/s1. The van der Waals surface area contributed by atoms with Crippen molar-refractivity contribution in [3.05, 3.63) is 22.8 Å². The number of ether oxygens (including phenoxy) is 1. The van der Waals surface area contributed by atoms with E-state index in [1.165, 1.54) is 5.57 Å². The monoisotopic (exact) mass is 234 g/mol. The second-order valence-electron chi connectivity index (χ2n) is 5.79. The van der Waals surface area contributed by atoms with Crippen LogP contribution < -0.4 is 0 Å². The number of hydrogen-bond acceptors (Lipinski definition) is 2. The van der Waals surface area contributed by atoms with Crippen LogP contribution in [-0.2, 0) is 9.53 Å². The second kappa shape index (κ2) is 4.41. The molecular weight excluding hydrogens is 212 g/mol. The summed E-state index contributed by atoms with van der Waals surface area (Å²) in [7, 11) is 0. The van der Waals surface area contributed by atoms with Crippen molar-refractivity contribution in [3.8, 4) is 0 Å². The molecule has 2 nitrogen and oxygen atoms in total. The molecule has 0 aromatic heterocycles. The van der Waals surface area contributed by atoms with Gasteiger partial charge >= 0.3 is 0 Å². The molecule has 2 atom stereocenters. The van der Waals surface area contributed by atoms with Crippen LogP contribution in [0.2, 0.25) is 0 Å². The Kier molecular flexibility index (Phi) is 3.26. The lowest BCUT2D eigenvalue weighted by Crippen LogP contribution is -2.15. The zero-order valence-electron chi connectivity index (χ0n) is 11.3. The van der Waals surface area contributed by atoms with Crippen molar-refractivity contribution in [2.75, 3.05) is 0 Å². The first-order chi connectivity index (χ1) is 7.92. The molecule has 0 aromatic carbocycles. The van der Waals surface area contributed by atoms with Gasteiger partial charge in [0.05, 0.1) is 11.7 Å². The zero-order chi connectivity index (χ0) is 12.6. The van der Waals surface area contributed by atoms with Gasteiger partial charge in [-0.3, -0.25) is 4.79 Å². The lowest BCUT2D eigenvalue weighted by molar-refractivity contribution is -0.115. The minimum Gasteiger partial charge on any atom is -0.366 e. The number of carbonyl (C=O) groups is 1. The van der Waals surface area contributed by atoms with Gasteiger partial charge in [-0.25, -0.2) is 0 Å². The van der Waals surface area contributed by atoms with Gasteiger partial charge in [-0.15, -0.1) is 0 Å². The van der Waals surface area contributed by atoms with Crippen molar-refractivity contribution in [1.29, 1.82) is 0 Å². The first-order valence-electron chi connectivity index (χ1n) is 6.45. The number of epoxide rings is 1. The van der Waals surface area contributed by atoms with Crippen LogP contribution in [0.4, 0.5) is 0 Å². The highest BCUT2D eigenvalue weighted by Gasteiger charge is 2.51. The summed E-state index contributed by atoms with van der Waals surface area (Å²) in [5.41, 5.74) is 3.32. The Bertz CT molecular complexity index is 399. The minimum atomic E-state index is 0.00903. The molecule has 0 amide bonds. The van der Waals surface area contributed by atoms with Gasteiger partial charge in [0.2, 0.25) is 0 Å². The number of hydrogen-bond donors (Lipinski definition) is 0. The predicted molar refractivity (Wildman–Crippen MR) is 68.9 cm³/mol. The Morgan fingerprint density at radius 1 is 1.47 bits per heavy atom. The van der Waals surface area contributed by atoms with Crippen LogP contribution in [0, 0.1) is 0 Å². The molecule has 17 heavy (non-hydrogen) atoms. The molecule has 1 heterocycles. The molecule has 2 rings (SSSR count).